The standard InChI is InChI=1S/C21H25FN4O2S/c1-15(25(2)3)20-23-24-21(26(20)17-7-5-16(22)6-8-17)29-14-13-28-19-11-9-18(27-4)10-12-19/h5-12,15H,13-14H2,1-4H3/t15-/m0/s1. The lowest BCUT2D eigenvalue weighted by atomic mass is 10.2. The van der Waals surface area contributed by atoms with E-state index in [4.69, 9.17) is 9.47 Å². The Morgan fingerprint density at radius 3 is 2.31 bits per heavy atom. The molecule has 1 aromatic heterocycles. The summed E-state index contributed by atoms with van der Waals surface area (Å²) in [5.74, 6) is 2.81. The van der Waals surface area contributed by atoms with Crippen molar-refractivity contribution in [1.82, 2.24) is 19.7 Å². The Kier molecular flexibility index (Phi) is 7.11. The zero-order chi connectivity index (χ0) is 20.8. The van der Waals surface area contributed by atoms with Crippen molar-refractivity contribution in [1.29, 1.82) is 0 Å². The van der Waals surface area contributed by atoms with Gasteiger partial charge in [-0.15, -0.1) is 10.2 Å². The Hall–Kier alpha value is -2.58. The molecule has 0 N–H and O–H groups in total. The average Bonchev–Trinajstić information content (AvgIpc) is 3.15. The fraction of sp³-hybridized carbons (Fsp3) is 0.333. The largest absolute Gasteiger partial charge is 0.497 e. The van der Waals surface area contributed by atoms with Crippen LogP contribution in [0.3, 0.4) is 0 Å². The summed E-state index contributed by atoms with van der Waals surface area (Å²) in [4.78, 5) is 2.06. The second kappa shape index (κ2) is 9.76. The van der Waals surface area contributed by atoms with Crippen molar-refractivity contribution in [3.63, 3.8) is 0 Å². The van der Waals surface area contributed by atoms with Crippen molar-refractivity contribution in [3.05, 3.63) is 60.2 Å². The predicted octanol–water partition coefficient (Wildman–Crippen LogP) is 4.21. The molecular formula is C21H25FN4O2S. The molecule has 0 aliphatic rings. The zero-order valence-corrected chi connectivity index (χ0v) is 17.8. The number of methoxy groups -OCH3 is 1. The van der Waals surface area contributed by atoms with E-state index in [0.29, 0.717) is 12.4 Å². The number of aromatic nitrogens is 3. The number of ether oxygens (including phenoxy) is 2. The SMILES string of the molecule is COc1ccc(OCCSc2nnc([C@H](C)N(C)C)n2-c2ccc(F)cc2)cc1. The van der Waals surface area contributed by atoms with Crippen LogP contribution in [-0.4, -0.2) is 53.2 Å². The molecule has 0 bridgehead atoms. The lowest BCUT2D eigenvalue weighted by Crippen LogP contribution is -2.20. The Labute approximate surface area is 174 Å². The third-order valence-electron chi connectivity index (χ3n) is 4.53. The van der Waals surface area contributed by atoms with Crippen molar-refractivity contribution >= 4 is 11.8 Å². The number of benzene rings is 2. The van der Waals surface area contributed by atoms with Gasteiger partial charge < -0.3 is 9.47 Å². The molecule has 0 fully saturated rings. The fourth-order valence-corrected chi connectivity index (χ4v) is 3.45. The van der Waals surface area contributed by atoms with E-state index < -0.39 is 0 Å². The molecule has 8 heteroatoms. The van der Waals surface area contributed by atoms with Crippen molar-refractivity contribution in [2.24, 2.45) is 0 Å². The molecule has 29 heavy (non-hydrogen) atoms. The van der Waals surface area contributed by atoms with E-state index in [1.54, 1.807) is 31.0 Å². The molecule has 6 nitrogen and oxygen atoms in total. The summed E-state index contributed by atoms with van der Waals surface area (Å²) in [6.45, 7) is 2.58. The molecule has 0 saturated carbocycles. The molecule has 2 aromatic carbocycles. The Bertz CT molecular complexity index is 913. The van der Waals surface area contributed by atoms with Crippen LogP contribution in [0.1, 0.15) is 18.8 Å². The molecular weight excluding hydrogens is 391 g/mol. The second-order valence-corrected chi connectivity index (χ2v) is 7.73. The van der Waals surface area contributed by atoms with Gasteiger partial charge in [-0.2, -0.15) is 0 Å². The van der Waals surface area contributed by atoms with Crippen molar-refractivity contribution < 1.29 is 13.9 Å². The summed E-state index contributed by atoms with van der Waals surface area (Å²) in [7, 11) is 5.61. The molecule has 0 unspecified atom stereocenters. The van der Waals surface area contributed by atoms with Gasteiger partial charge in [0.2, 0.25) is 0 Å². The van der Waals surface area contributed by atoms with Gasteiger partial charge in [-0.3, -0.25) is 9.47 Å². The molecule has 3 aromatic rings. The topological polar surface area (TPSA) is 52.4 Å². The summed E-state index contributed by atoms with van der Waals surface area (Å²) >= 11 is 1.55. The Balaban J connectivity index is 1.71. The number of thioether (sulfide) groups is 1. The Morgan fingerprint density at radius 1 is 1.03 bits per heavy atom. The zero-order valence-electron chi connectivity index (χ0n) is 17.0. The van der Waals surface area contributed by atoms with E-state index in [2.05, 4.69) is 22.0 Å². The third kappa shape index (κ3) is 5.27. The van der Waals surface area contributed by atoms with Gasteiger partial charge in [0.15, 0.2) is 11.0 Å². The summed E-state index contributed by atoms with van der Waals surface area (Å²) in [6.07, 6.45) is 0. The van der Waals surface area contributed by atoms with Crippen LogP contribution in [0.15, 0.2) is 53.7 Å². The lowest BCUT2D eigenvalue weighted by molar-refractivity contribution is 0.305. The summed E-state index contributed by atoms with van der Waals surface area (Å²) in [6, 6.07) is 13.9. The number of nitrogens with zero attached hydrogens (tertiary/aromatic N) is 4. The highest BCUT2D eigenvalue weighted by Gasteiger charge is 2.21. The molecule has 0 aliphatic carbocycles. The predicted molar refractivity (Wildman–Crippen MR) is 113 cm³/mol. The van der Waals surface area contributed by atoms with E-state index in [9.17, 15) is 4.39 Å². The molecule has 154 valence electrons. The molecule has 1 heterocycles. The van der Waals surface area contributed by atoms with Crippen molar-refractivity contribution in [2.75, 3.05) is 33.6 Å². The first-order valence-electron chi connectivity index (χ1n) is 9.27. The highest BCUT2D eigenvalue weighted by atomic mass is 32.2. The van der Waals surface area contributed by atoms with Gasteiger partial charge in [0.25, 0.3) is 0 Å². The van der Waals surface area contributed by atoms with Crippen LogP contribution >= 0.6 is 11.8 Å². The van der Waals surface area contributed by atoms with Crippen LogP contribution in [-0.2, 0) is 0 Å². The number of rotatable bonds is 9. The quantitative estimate of drug-likeness (QED) is 0.385. The molecule has 0 aliphatic heterocycles. The number of halogens is 1. The van der Waals surface area contributed by atoms with Crippen LogP contribution < -0.4 is 9.47 Å². The molecule has 1 atom stereocenters. The summed E-state index contributed by atoms with van der Waals surface area (Å²) in [5.41, 5.74) is 0.832. The number of hydrogen-bond acceptors (Lipinski definition) is 6. The van der Waals surface area contributed by atoms with Crippen LogP contribution in [0.4, 0.5) is 4.39 Å². The summed E-state index contributed by atoms with van der Waals surface area (Å²) < 4.78 is 26.3. The fourth-order valence-electron chi connectivity index (χ4n) is 2.67. The highest BCUT2D eigenvalue weighted by molar-refractivity contribution is 7.99. The first-order chi connectivity index (χ1) is 14.0. The van der Waals surface area contributed by atoms with Gasteiger partial charge in [0.1, 0.15) is 17.3 Å². The van der Waals surface area contributed by atoms with E-state index in [1.165, 1.54) is 12.1 Å². The van der Waals surface area contributed by atoms with Crippen LogP contribution in [0.5, 0.6) is 11.5 Å². The maximum atomic E-state index is 13.4. The molecule has 0 amide bonds. The maximum absolute atomic E-state index is 13.4. The highest BCUT2D eigenvalue weighted by Crippen LogP contribution is 2.27. The van der Waals surface area contributed by atoms with Gasteiger partial charge in [0, 0.05) is 11.4 Å². The van der Waals surface area contributed by atoms with E-state index in [0.717, 1.165) is 28.2 Å². The number of hydrogen-bond donors (Lipinski definition) is 0. The minimum Gasteiger partial charge on any atom is -0.497 e. The molecule has 0 radical (unpaired) electrons. The van der Waals surface area contributed by atoms with E-state index in [1.807, 2.05) is 42.9 Å². The normalized spacial score (nSPS) is 12.2. The van der Waals surface area contributed by atoms with Crippen LogP contribution in [0, 0.1) is 5.82 Å². The molecule has 0 saturated heterocycles. The molecule has 3 rings (SSSR count). The van der Waals surface area contributed by atoms with E-state index >= 15 is 0 Å². The van der Waals surface area contributed by atoms with Gasteiger partial charge in [0.05, 0.1) is 19.8 Å². The Morgan fingerprint density at radius 2 is 1.69 bits per heavy atom. The van der Waals surface area contributed by atoms with E-state index in [-0.39, 0.29) is 11.9 Å². The van der Waals surface area contributed by atoms with Gasteiger partial charge >= 0.3 is 0 Å². The minimum absolute atomic E-state index is 0.0532. The third-order valence-corrected chi connectivity index (χ3v) is 5.43. The second-order valence-electron chi connectivity index (χ2n) is 6.66. The first kappa shape index (κ1) is 21.1. The van der Waals surface area contributed by atoms with Gasteiger partial charge in [-0.25, -0.2) is 4.39 Å². The van der Waals surface area contributed by atoms with Crippen molar-refractivity contribution in [2.45, 2.75) is 18.1 Å². The van der Waals surface area contributed by atoms with Crippen LogP contribution in [0.2, 0.25) is 0 Å². The molecule has 0 spiro atoms. The smallest absolute Gasteiger partial charge is 0.196 e. The summed E-state index contributed by atoms with van der Waals surface area (Å²) in [5, 5.41) is 9.51. The lowest BCUT2D eigenvalue weighted by Gasteiger charge is -2.20. The average molecular weight is 417 g/mol. The minimum atomic E-state index is -0.272. The first-order valence-corrected chi connectivity index (χ1v) is 10.3. The monoisotopic (exact) mass is 416 g/mol. The van der Waals surface area contributed by atoms with Gasteiger partial charge in [-0.05, 0) is 69.6 Å². The maximum Gasteiger partial charge on any atom is 0.196 e. The van der Waals surface area contributed by atoms with Crippen molar-refractivity contribution in [3.8, 4) is 17.2 Å². The van der Waals surface area contributed by atoms with Crippen LogP contribution in [0.25, 0.3) is 5.69 Å². The van der Waals surface area contributed by atoms with Gasteiger partial charge in [-0.1, -0.05) is 11.8 Å².